The van der Waals surface area contributed by atoms with Crippen molar-refractivity contribution in [2.75, 3.05) is 7.05 Å². The Morgan fingerprint density at radius 3 is 2.67 bits per heavy atom. The van der Waals surface area contributed by atoms with E-state index in [9.17, 15) is 0 Å². The van der Waals surface area contributed by atoms with Gasteiger partial charge in [0.2, 0.25) is 0 Å². The van der Waals surface area contributed by atoms with Gasteiger partial charge in [-0.05, 0) is 38.3 Å². The number of aromatic nitrogens is 2. The Bertz CT molecular complexity index is 286. The fourth-order valence-corrected chi connectivity index (χ4v) is 2.04. The first-order valence-electron chi connectivity index (χ1n) is 5.11. The summed E-state index contributed by atoms with van der Waals surface area (Å²) in [6.07, 6.45) is 6.40. The normalized spacial score (nSPS) is 14.5. The predicted molar refractivity (Wildman–Crippen MR) is 67.1 cm³/mol. The molecule has 0 saturated carbocycles. The number of nitrogens with zero attached hydrogens (tertiary/aromatic N) is 1. The third kappa shape index (κ3) is 3.37. The molecule has 2 N–H and O–H groups in total. The number of H-pyrrole nitrogens is 1. The first-order valence-corrected chi connectivity index (χ1v) is 5.11. The number of halogens is 2. The van der Waals surface area contributed by atoms with Gasteiger partial charge in [0.05, 0.1) is 5.69 Å². The summed E-state index contributed by atoms with van der Waals surface area (Å²) in [5, 5.41) is 10.7. The lowest BCUT2D eigenvalue weighted by molar-refractivity contribution is 0.692. The average Bonchev–Trinajstić information content (AvgIpc) is 2.38. The number of hydrogen-bond acceptors (Lipinski definition) is 2. The van der Waals surface area contributed by atoms with Crippen LogP contribution in [-0.2, 0) is 19.4 Å². The minimum atomic E-state index is 0. The summed E-state index contributed by atoms with van der Waals surface area (Å²) < 4.78 is 0. The van der Waals surface area contributed by atoms with Crippen LogP contribution in [0.4, 0.5) is 0 Å². The molecule has 1 aliphatic rings. The third-order valence-electron chi connectivity index (χ3n) is 2.74. The van der Waals surface area contributed by atoms with E-state index < -0.39 is 0 Å². The number of hydrogen-bond donors (Lipinski definition) is 2. The van der Waals surface area contributed by atoms with Crippen molar-refractivity contribution in [2.24, 2.45) is 0 Å². The van der Waals surface area contributed by atoms with Gasteiger partial charge in [-0.2, -0.15) is 5.10 Å². The van der Waals surface area contributed by atoms with Gasteiger partial charge in [-0.3, -0.25) is 5.10 Å². The van der Waals surface area contributed by atoms with E-state index in [0.717, 1.165) is 6.54 Å². The second-order valence-corrected chi connectivity index (χ2v) is 3.72. The molecule has 0 saturated heterocycles. The van der Waals surface area contributed by atoms with Crippen LogP contribution in [0.5, 0.6) is 0 Å². The molecule has 2 rings (SSSR count). The maximum atomic E-state index is 4.34. The summed E-state index contributed by atoms with van der Waals surface area (Å²) >= 11 is 0. The van der Waals surface area contributed by atoms with Crippen LogP contribution in [0.25, 0.3) is 0 Å². The minimum Gasteiger partial charge on any atom is -0.314 e. The minimum absolute atomic E-state index is 0. The Labute approximate surface area is 103 Å². The molecule has 0 amide bonds. The molecule has 5 heteroatoms. The molecule has 0 unspecified atom stereocenters. The number of rotatable bonds is 2. The number of aryl methyl sites for hydroxylation is 1. The maximum Gasteiger partial charge on any atom is 0.0794 e. The van der Waals surface area contributed by atoms with Gasteiger partial charge in [0.1, 0.15) is 0 Å². The molecular formula is C10H19Cl2N3. The molecule has 15 heavy (non-hydrogen) atoms. The molecule has 0 atom stereocenters. The number of aromatic amines is 1. The van der Waals surface area contributed by atoms with Gasteiger partial charge in [0.15, 0.2) is 0 Å². The second-order valence-electron chi connectivity index (χ2n) is 3.72. The molecule has 1 aromatic rings. The summed E-state index contributed by atoms with van der Waals surface area (Å²) in [4.78, 5) is 0. The highest BCUT2D eigenvalue weighted by Crippen LogP contribution is 2.21. The zero-order chi connectivity index (χ0) is 9.10. The SMILES string of the molecule is CNCc1n[nH]c2c1CCCCC2.Cl.Cl. The first-order chi connectivity index (χ1) is 6.42. The van der Waals surface area contributed by atoms with Gasteiger partial charge in [0, 0.05) is 12.2 Å². The highest BCUT2D eigenvalue weighted by molar-refractivity contribution is 5.85. The Hall–Kier alpha value is -0.250. The molecule has 1 aliphatic carbocycles. The Balaban J connectivity index is 0.000000980. The lowest BCUT2D eigenvalue weighted by atomic mass is 10.1. The van der Waals surface area contributed by atoms with Gasteiger partial charge in [-0.15, -0.1) is 24.8 Å². The van der Waals surface area contributed by atoms with Crippen LogP contribution in [0.3, 0.4) is 0 Å². The summed E-state index contributed by atoms with van der Waals surface area (Å²) in [6, 6.07) is 0. The maximum absolute atomic E-state index is 4.34. The van der Waals surface area contributed by atoms with Gasteiger partial charge in [0.25, 0.3) is 0 Å². The highest BCUT2D eigenvalue weighted by Gasteiger charge is 2.14. The Kier molecular flexibility index (Phi) is 6.98. The summed E-state index contributed by atoms with van der Waals surface area (Å²) in [6.45, 7) is 0.895. The van der Waals surface area contributed by atoms with E-state index in [2.05, 4.69) is 15.5 Å². The van der Waals surface area contributed by atoms with Crippen molar-refractivity contribution in [3.63, 3.8) is 0 Å². The van der Waals surface area contributed by atoms with Crippen molar-refractivity contribution in [3.05, 3.63) is 17.0 Å². The molecule has 0 bridgehead atoms. The fourth-order valence-electron chi connectivity index (χ4n) is 2.04. The van der Waals surface area contributed by atoms with Gasteiger partial charge < -0.3 is 5.32 Å². The van der Waals surface area contributed by atoms with E-state index in [-0.39, 0.29) is 24.8 Å². The largest absolute Gasteiger partial charge is 0.314 e. The topological polar surface area (TPSA) is 40.7 Å². The van der Waals surface area contributed by atoms with Gasteiger partial charge in [-0.25, -0.2) is 0 Å². The van der Waals surface area contributed by atoms with Crippen LogP contribution in [0.2, 0.25) is 0 Å². The second kappa shape index (κ2) is 7.09. The van der Waals surface area contributed by atoms with Crippen LogP contribution in [0, 0.1) is 0 Å². The highest BCUT2D eigenvalue weighted by atomic mass is 35.5. The Morgan fingerprint density at radius 2 is 1.93 bits per heavy atom. The van der Waals surface area contributed by atoms with E-state index in [1.807, 2.05) is 7.05 Å². The number of fused-ring (bicyclic) bond motifs is 1. The van der Waals surface area contributed by atoms with Crippen molar-refractivity contribution in [3.8, 4) is 0 Å². The number of nitrogens with one attached hydrogen (secondary N) is 2. The smallest absolute Gasteiger partial charge is 0.0794 e. The van der Waals surface area contributed by atoms with E-state index in [1.165, 1.54) is 49.1 Å². The quantitative estimate of drug-likeness (QED) is 0.792. The van der Waals surface area contributed by atoms with Crippen LogP contribution in [-0.4, -0.2) is 17.2 Å². The Morgan fingerprint density at radius 1 is 1.20 bits per heavy atom. The van der Waals surface area contributed by atoms with Gasteiger partial charge >= 0.3 is 0 Å². The van der Waals surface area contributed by atoms with Crippen LogP contribution in [0.1, 0.15) is 36.2 Å². The lowest BCUT2D eigenvalue weighted by Crippen LogP contribution is -2.07. The van der Waals surface area contributed by atoms with Crippen molar-refractivity contribution >= 4 is 24.8 Å². The molecular weight excluding hydrogens is 233 g/mol. The summed E-state index contributed by atoms with van der Waals surface area (Å²) in [5.74, 6) is 0. The summed E-state index contributed by atoms with van der Waals surface area (Å²) in [5.41, 5.74) is 4.08. The zero-order valence-corrected chi connectivity index (χ0v) is 10.6. The molecule has 3 nitrogen and oxygen atoms in total. The van der Waals surface area contributed by atoms with Crippen LogP contribution < -0.4 is 5.32 Å². The molecule has 0 aliphatic heterocycles. The van der Waals surface area contributed by atoms with Crippen LogP contribution in [0.15, 0.2) is 0 Å². The first kappa shape index (κ1) is 14.8. The molecule has 1 aromatic heterocycles. The molecule has 0 aromatic carbocycles. The van der Waals surface area contributed by atoms with Gasteiger partial charge in [-0.1, -0.05) is 6.42 Å². The predicted octanol–water partition coefficient (Wildman–Crippen LogP) is 2.24. The standard InChI is InChI=1S/C10H17N3.2ClH/c1-11-7-10-8-5-3-2-4-6-9(8)12-13-10;;/h11H,2-7H2,1H3,(H,12,13);2*1H. The molecule has 1 heterocycles. The monoisotopic (exact) mass is 251 g/mol. The molecule has 0 radical (unpaired) electrons. The molecule has 0 spiro atoms. The van der Waals surface area contributed by atoms with E-state index >= 15 is 0 Å². The van der Waals surface area contributed by atoms with E-state index in [4.69, 9.17) is 0 Å². The third-order valence-corrected chi connectivity index (χ3v) is 2.74. The summed E-state index contributed by atoms with van der Waals surface area (Å²) in [7, 11) is 1.97. The van der Waals surface area contributed by atoms with Crippen molar-refractivity contribution in [1.82, 2.24) is 15.5 Å². The fraction of sp³-hybridized carbons (Fsp3) is 0.700. The average molecular weight is 252 g/mol. The molecule has 0 fully saturated rings. The van der Waals surface area contributed by atoms with E-state index in [0.29, 0.717) is 0 Å². The van der Waals surface area contributed by atoms with Crippen molar-refractivity contribution in [1.29, 1.82) is 0 Å². The van der Waals surface area contributed by atoms with E-state index in [1.54, 1.807) is 0 Å². The van der Waals surface area contributed by atoms with Crippen LogP contribution >= 0.6 is 24.8 Å². The molecule has 88 valence electrons. The van der Waals surface area contributed by atoms with Crippen molar-refractivity contribution < 1.29 is 0 Å². The lowest BCUT2D eigenvalue weighted by Gasteiger charge is -2.00. The zero-order valence-electron chi connectivity index (χ0n) is 9.01. The van der Waals surface area contributed by atoms with Crippen molar-refractivity contribution in [2.45, 2.75) is 38.6 Å².